The van der Waals surface area contributed by atoms with Crippen molar-refractivity contribution in [1.29, 1.82) is 0 Å². The predicted molar refractivity (Wildman–Crippen MR) is 113 cm³/mol. The molecule has 3 aromatic rings. The fourth-order valence-corrected chi connectivity index (χ4v) is 3.73. The fourth-order valence-electron chi connectivity index (χ4n) is 3.73. The van der Waals surface area contributed by atoms with Crippen LogP contribution >= 0.6 is 0 Å². The topological polar surface area (TPSA) is 112 Å². The second-order valence-electron chi connectivity index (χ2n) is 8.40. The Hall–Kier alpha value is -3.29. The van der Waals surface area contributed by atoms with Crippen LogP contribution < -0.4 is 11.5 Å². The maximum atomic E-state index is 12.5. The summed E-state index contributed by atoms with van der Waals surface area (Å²) >= 11 is 0. The Morgan fingerprint density at radius 2 is 1.90 bits per heavy atom. The molecule has 152 valence electrons. The molecule has 4 rings (SSSR count). The number of nitrogens with two attached hydrogens (primary N) is 2. The molecule has 8 nitrogen and oxygen atoms in total. The SMILES string of the molecule is CC(C)(C)OC(=O)N1CCC(n2cc(-c3ccc(N)cc3)c3c(N)ncnc32)C1. The molecule has 2 aromatic heterocycles. The van der Waals surface area contributed by atoms with E-state index in [0.717, 1.165) is 28.6 Å². The molecule has 29 heavy (non-hydrogen) atoms. The first-order valence-electron chi connectivity index (χ1n) is 9.68. The first kappa shape index (κ1) is 19.0. The molecule has 1 aromatic carbocycles. The van der Waals surface area contributed by atoms with Gasteiger partial charge >= 0.3 is 6.09 Å². The van der Waals surface area contributed by atoms with Gasteiger partial charge in [0.2, 0.25) is 0 Å². The number of carbonyl (C=O) groups excluding carboxylic acids is 1. The molecule has 0 bridgehead atoms. The molecule has 1 aliphatic heterocycles. The van der Waals surface area contributed by atoms with Gasteiger partial charge in [0.05, 0.1) is 11.4 Å². The zero-order valence-electron chi connectivity index (χ0n) is 16.9. The lowest BCUT2D eigenvalue weighted by Gasteiger charge is -2.24. The molecule has 1 saturated heterocycles. The maximum Gasteiger partial charge on any atom is 0.410 e. The molecule has 8 heteroatoms. The lowest BCUT2D eigenvalue weighted by Crippen LogP contribution is -2.35. The maximum absolute atomic E-state index is 12.5. The lowest BCUT2D eigenvalue weighted by molar-refractivity contribution is 0.0289. The van der Waals surface area contributed by atoms with Crippen LogP contribution in [-0.4, -0.2) is 44.2 Å². The van der Waals surface area contributed by atoms with Crippen LogP contribution in [0, 0.1) is 0 Å². The van der Waals surface area contributed by atoms with E-state index in [1.165, 1.54) is 6.33 Å². The number of carbonyl (C=O) groups is 1. The molecule has 1 atom stereocenters. The Bertz CT molecular complexity index is 1050. The van der Waals surface area contributed by atoms with Crippen LogP contribution in [0.1, 0.15) is 33.2 Å². The summed E-state index contributed by atoms with van der Waals surface area (Å²) < 4.78 is 7.62. The number of likely N-dealkylation sites (tertiary alicyclic amines) is 1. The van der Waals surface area contributed by atoms with E-state index in [9.17, 15) is 4.79 Å². The molecule has 0 saturated carbocycles. The number of nitrogen functional groups attached to an aromatic ring is 2. The van der Waals surface area contributed by atoms with Gasteiger partial charge < -0.3 is 25.7 Å². The molecule has 4 N–H and O–H groups in total. The van der Waals surface area contributed by atoms with Crippen LogP contribution in [0.25, 0.3) is 22.2 Å². The van der Waals surface area contributed by atoms with Crippen LogP contribution in [0.3, 0.4) is 0 Å². The lowest BCUT2D eigenvalue weighted by atomic mass is 10.1. The Labute approximate surface area is 169 Å². The van der Waals surface area contributed by atoms with Gasteiger partial charge in [0.25, 0.3) is 0 Å². The third kappa shape index (κ3) is 3.70. The van der Waals surface area contributed by atoms with Crippen molar-refractivity contribution in [2.45, 2.75) is 38.8 Å². The van der Waals surface area contributed by atoms with Gasteiger partial charge in [0.1, 0.15) is 23.4 Å². The number of nitrogens with zero attached hydrogens (tertiary/aromatic N) is 4. The van der Waals surface area contributed by atoms with Crippen LogP contribution in [0.5, 0.6) is 0 Å². The zero-order valence-corrected chi connectivity index (χ0v) is 16.9. The van der Waals surface area contributed by atoms with E-state index in [1.807, 2.05) is 51.2 Å². The van der Waals surface area contributed by atoms with Gasteiger partial charge in [-0.3, -0.25) is 0 Å². The number of fused-ring (bicyclic) bond motifs is 1. The van der Waals surface area contributed by atoms with Crippen molar-refractivity contribution in [3.63, 3.8) is 0 Å². The highest BCUT2D eigenvalue weighted by atomic mass is 16.6. The summed E-state index contributed by atoms with van der Waals surface area (Å²) in [5.74, 6) is 0.433. The van der Waals surface area contributed by atoms with Crippen LogP contribution in [0.15, 0.2) is 36.8 Å². The van der Waals surface area contributed by atoms with E-state index in [4.69, 9.17) is 16.2 Å². The molecule has 1 fully saturated rings. The number of hydrogen-bond acceptors (Lipinski definition) is 6. The molecule has 0 radical (unpaired) electrons. The predicted octanol–water partition coefficient (Wildman–Crippen LogP) is 3.44. The minimum absolute atomic E-state index is 0.0850. The van der Waals surface area contributed by atoms with Crippen molar-refractivity contribution in [3.05, 3.63) is 36.8 Å². The highest BCUT2D eigenvalue weighted by molar-refractivity contribution is 6.00. The third-order valence-electron chi connectivity index (χ3n) is 5.07. The van der Waals surface area contributed by atoms with Gasteiger partial charge in [-0.2, -0.15) is 0 Å². The number of anilines is 2. The monoisotopic (exact) mass is 394 g/mol. The molecule has 3 heterocycles. The number of amides is 1. The van der Waals surface area contributed by atoms with Gasteiger partial charge in [-0.05, 0) is 44.9 Å². The Morgan fingerprint density at radius 1 is 1.17 bits per heavy atom. The van der Waals surface area contributed by atoms with E-state index in [2.05, 4.69) is 14.5 Å². The quantitative estimate of drug-likeness (QED) is 0.644. The fraction of sp³-hybridized carbons (Fsp3) is 0.381. The number of aromatic nitrogens is 3. The van der Waals surface area contributed by atoms with E-state index in [-0.39, 0.29) is 12.1 Å². The number of benzene rings is 1. The largest absolute Gasteiger partial charge is 0.444 e. The van der Waals surface area contributed by atoms with Crippen LogP contribution in [-0.2, 0) is 4.74 Å². The highest BCUT2D eigenvalue weighted by Crippen LogP contribution is 2.36. The van der Waals surface area contributed by atoms with E-state index >= 15 is 0 Å². The molecular formula is C21H26N6O2. The van der Waals surface area contributed by atoms with Gasteiger partial charge in [0.15, 0.2) is 0 Å². The standard InChI is InChI=1S/C21H26N6O2/c1-21(2,3)29-20(28)26-9-8-15(10-26)27-11-16(13-4-6-14(22)7-5-13)17-18(23)24-12-25-19(17)27/h4-7,11-12,15H,8-10,22H2,1-3H3,(H2,23,24,25). The van der Waals surface area contributed by atoms with Crippen LogP contribution in [0.2, 0.25) is 0 Å². The third-order valence-corrected chi connectivity index (χ3v) is 5.07. The highest BCUT2D eigenvalue weighted by Gasteiger charge is 2.32. The summed E-state index contributed by atoms with van der Waals surface area (Å²) in [6.45, 7) is 6.81. The van der Waals surface area contributed by atoms with Gasteiger partial charge in [-0.1, -0.05) is 12.1 Å². The molecule has 1 aliphatic rings. The van der Waals surface area contributed by atoms with Crippen molar-refractivity contribution < 1.29 is 9.53 Å². The molecule has 1 amide bonds. The number of rotatable bonds is 2. The van der Waals surface area contributed by atoms with E-state index in [0.29, 0.717) is 24.6 Å². The second kappa shape index (κ2) is 6.95. The first-order valence-corrected chi connectivity index (χ1v) is 9.68. The van der Waals surface area contributed by atoms with Gasteiger partial charge in [-0.25, -0.2) is 14.8 Å². The summed E-state index contributed by atoms with van der Waals surface area (Å²) in [6.07, 6.45) is 4.05. The summed E-state index contributed by atoms with van der Waals surface area (Å²) in [6, 6.07) is 7.73. The smallest absolute Gasteiger partial charge is 0.410 e. The van der Waals surface area contributed by atoms with Crippen molar-refractivity contribution in [2.24, 2.45) is 0 Å². The van der Waals surface area contributed by atoms with Crippen molar-refractivity contribution >= 4 is 28.6 Å². The van der Waals surface area contributed by atoms with Gasteiger partial charge in [0, 0.05) is 30.5 Å². The second-order valence-corrected chi connectivity index (χ2v) is 8.40. The van der Waals surface area contributed by atoms with Crippen molar-refractivity contribution in [1.82, 2.24) is 19.4 Å². The van der Waals surface area contributed by atoms with E-state index in [1.54, 1.807) is 4.90 Å². The summed E-state index contributed by atoms with van der Waals surface area (Å²) in [7, 11) is 0. The van der Waals surface area contributed by atoms with E-state index < -0.39 is 5.60 Å². The Kier molecular flexibility index (Phi) is 4.56. The normalized spacial score (nSPS) is 17.1. The number of hydrogen-bond donors (Lipinski definition) is 2. The molecule has 0 aliphatic carbocycles. The Balaban J connectivity index is 1.69. The number of ether oxygens (including phenoxy) is 1. The van der Waals surface area contributed by atoms with Crippen LogP contribution in [0.4, 0.5) is 16.3 Å². The summed E-state index contributed by atoms with van der Waals surface area (Å²) in [4.78, 5) is 22.9. The molecule has 0 spiro atoms. The summed E-state index contributed by atoms with van der Waals surface area (Å²) in [5.41, 5.74) is 14.9. The average molecular weight is 394 g/mol. The minimum Gasteiger partial charge on any atom is -0.444 e. The first-order chi connectivity index (χ1) is 13.7. The average Bonchev–Trinajstić information content (AvgIpc) is 3.26. The summed E-state index contributed by atoms with van der Waals surface area (Å²) in [5, 5.41) is 0.813. The molecular weight excluding hydrogens is 368 g/mol. The van der Waals surface area contributed by atoms with Gasteiger partial charge in [-0.15, -0.1) is 0 Å². The minimum atomic E-state index is -0.515. The van der Waals surface area contributed by atoms with Crippen molar-refractivity contribution in [2.75, 3.05) is 24.6 Å². The molecule has 1 unspecified atom stereocenters. The Morgan fingerprint density at radius 3 is 2.59 bits per heavy atom. The zero-order chi connectivity index (χ0) is 20.8. The van der Waals surface area contributed by atoms with Crippen molar-refractivity contribution in [3.8, 4) is 11.1 Å².